The topological polar surface area (TPSA) is 46.0 Å². The van der Waals surface area contributed by atoms with Crippen LogP contribution in [0, 0.1) is 11.6 Å². The second-order valence-electron chi connectivity index (χ2n) is 4.83. The molecule has 98 valence electrons. The van der Waals surface area contributed by atoms with Crippen LogP contribution in [0.15, 0.2) is 30.5 Å². The predicted octanol–water partition coefficient (Wildman–Crippen LogP) is 2.45. The lowest BCUT2D eigenvalue weighted by Crippen LogP contribution is -2.16. The summed E-state index contributed by atoms with van der Waals surface area (Å²) in [6.45, 7) is 0.00817. The van der Waals surface area contributed by atoms with Crippen LogP contribution in [-0.2, 0) is 5.41 Å². The van der Waals surface area contributed by atoms with Gasteiger partial charge in [0.05, 0.1) is 17.7 Å². The summed E-state index contributed by atoms with van der Waals surface area (Å²) in [5.74, 6) is -1.22. The van der Waals surface area contributed by atoms with Gasteiger partial charge in [-0.05, 0) is 37.1 Å². The summed E-state index contributed by atoms with van der Waals surface area (Å²) in [5, 5.41) is 9.36. The highest BCUT2D eigenvalue weighted by molar-refractivity contribution is 5.58. The van der Waals surface area contributed by atoms with E-state index in [1.165, 1.54) is 6.07 Å². The molecule has 5 heteroatoms. The molecule has 0 atom stereocenters. The van der Waals surface area contributed by atoms with E-state index in [1.54, 1.807) is 12.3 Å². The van der Waals surface area contributed by atoms with Gasteiger partial charge >= 0.3 is 0 Å². The van der Waals surface area contributed by atoms with Gasteiger partial charge in [0.25, 0.3) is 0 Å². The Hall–Kier alpha value is -1.88. The highest BCUT2D eigenvalue weighted by atomic mass is 19.2. The zero-order valence-electron chi connectivity index (χ0n) is 10.1. The Balaban J connectivity index is 2.01. The molecule has 1 aliphatic carbocycles. The molecule has 0 spiro atoms. The van der Waals surface area contributed by atoms with E-state index in [0.29, 0.717) is 17.1 Å². The first-order valence-corrected chi connectivity index (χ1v) is 6.04. The van der Waals surface area contributed by atoms with E-state index in [1.807, 2.05) is 0 Å². The molecule has 0 bridgehead atoms. The van der Waals surface area contributed by atoms with E-state index in [9.17, 15) is 13.9 Å². The molecule has 1 aliphatic rings. The first-order valence-electron chi connectivity index (χ1n) is 6.04. The Morgan fingerprint density at radius 3 is 2.58 bits per heavy atom. The lowest BCUT2D eigenvalue weighted by Gasteiger charge is -2.11. The molecule has 1 fully saturated rings. The van der Waals surface area contributed by atoms with Gasteiger partial charge in [0.15, 0.2) is 11.6 Å². The summed E-state index contributed by atoms with van der Waals surface area (Å²) in [6.07, 6.45) is 3.28. The van der Waals surface area contributed by atoms with E-state index in [-0.39, 0.29) is 12.0 Å². The zero-order valence-corrected chi connectivity index (χ0v) is 10.1. The van der Waals surface area contributed by atoms with Crippen molar-refractivity contribution in [1.29, 1.82) is 0 Å². The number of aliphatic hydroxyl groups is 1. The van der Waals surface area contributed by atoms with Crippen molar-refractivity contribution < 1.29 is 13.9 Å². The minimum absolute atomic E-state index is 0.00817. The molecule has 0 aliphatic heterocycles. The summed E-state index contributed by atoms with van der Waals surface area (Å²) in [6, 6.07) is 5.30. The lowest BCUT2D eigenvalue weighted by atomic mass is 10.1. The van der Waals surface area contributed by atoms with Crippen LogP contribution in [0.1, 0.15) is 18.7 Å². The van der Waals surface area contributed by atoms with Gasteiger partial charge in [0, 0.05) is 11.8 Å². The van der Waals surface area contributed by atoms with Gasteiger partial charge < -0.3 is 5.11 Å². The van der Waals surface area contributed by atoms with Gasteiger partial charge in [-0.3, -0.25) is 0 Å². The smallest absolute Gasteiger partial charge is 0.159 e. The fourth-order valence-corrected chi connectivity index (χ4v) is 2.03. The average Bonchev–Trinajstić information content (AvgIpc) is 3.23. The van der Waals surface area contributed by atoms with Crippen LogP contribution in [0.2, 0.25) is 0 Å². The molecule has 0 unspecified atom stereocenters. The number of rotatable bonds is 3. The SMILES string of the molecule is OCC1(c2nccc(-c3ccc(F)c(F)c3)n2)CC1. The van der Waals surface area contributed by atoms with E-state index in [4.69, 9.17) is 0 Å². The molecule has 19 heavy (non-hydrogen) atoms. The Morgan fingerprint density at radius 1 is 1.16 bits per heavy atom. The number of hydrogen-bond donors (Lipinski definition) is 1. The third-order valence-electron chi connectivity index (χ3n) is 3.50. The minimum atomic E-state index is -0.902. The standard InChI is InChI=1S/C14H12F2N2O/c15-10-2-1-9(7-11(10)16)12-3-6-17-13(18-12)14(8-19)4-5-14/h1-3,6-7,19H,4-5,8H2. The zero-order chi connectivity index (χ0) is 13.5. The summed E-state index contributed by atoms with van der Waals surface area (Å²) in [5.41, 5.74) is 0.689. The molecular weight excluding hydrogens is 250 g/mol. The van der Waals surface area contributed by atoms with Crippen LogP contribution in [-0.4, -0.2) is 21.7 Å². The summed E-state index contributed by atoms with van der Waals surface area (Å²) >= 11 is 0. The monoisotopic (exact) mass is 262 g/mol. The molecule has 0 saturated heterocycles. The van der Waals surface area contributed by atoms with E-state index >= 15 is 0 Å². The number of hydrogen-bond acceptors (Lipinski definition) is 3. The number of aromatic nitrogens is 2. The fraction of sp³-hybridized carbons (Fsp3) is 0.286. The Bertz CT molecular complexity index is 627. The van der Waals surface area contributed by atoms with Crippen LogP contribution in [0.25, 0.3) is 11.3 Å². The first kappa shape index (κ1) is 12.2. The lowest BCUT2D eigenvalue weighted by molar-refractivity contribution is 0.250. The highest BCUT2D eigenvalue weighted by Crippen LogP contribution is 2.46. The summed E-state index contributed by atoms with van der Waals surface area (Å²) in [7, 11) is 0. The Labute approximate surface area is 109 Å². The Kier molecular flexibility index (Phi) is 2.78. The molecule has 0 amide bonds. The van der Waals surface area contributed by atoms with Crippen molar-refractivity contribution in [2.45, 2.75) is 18.3 Å². The van der Waals surface area contributed by atoms with Crippen LogP contribution in [0.3, 0.4) is 0 Å². The van der Waals surface area contributed by atoms with Crippen molar-refractivity contribution in [1.82, 2.24) is 9.97 Å². The summed E-state index contributed by atoms with van der Waals surface area (Å²) < 4.78 is 26.1. The average molecular weight is 262 g/mol. The largest absolute Gasteiger partial charge is 0.395 e. The highest BCUT2D eigenvalue weighted by Gasteiger charge is 2.46. The van der Waals surface area contributed by atoms with Crippen LogP contribution in [0.4, 0.5) is 8.78 Å². The third-order valence-corrected chi connectivity index (χ3v) is 3.50. The number of benzene rings is 1. The van der Waals surface area contributed by atoms with Gasteiger partial charge in [0.1, 0.15) is 5.82 Å². The van der Waals surface area contributed by atoms with Gasteiger partial charge in [-0.15, -0.1) is 0 Å². The van der Waals surface area contributed by atoms with Crippen molar-refractivity contribution in [2.24, 2.45) is 0 Å². The van der Waals surface area contributed by atoms with Crippen molar-refractivity contribution in [3.8, 4) is 11.3 Å². The molecule has 3 rings (SSSR count). The molecule has 1 heterocycles. The van der Waals surface area contributed by atoms with Crippen LogP contribution < -0.4 is 0 Å². The van der Waals surface area contributed by atoms with Crippen molar-refractivity contribution in [2.75, 3.05) is 6.61 Å². The third kappa shape index (κ3) is 2.10. The maximum absolute atomic E-state index is 13.2. The minimum Gasteiger partial charge on any atom is -0.395 e. The molecule has 1 aromatic heterocycles. The van der Waals surface area contributed by atoms with E-state index in [2.05, 4.69) is 9.97 Å². The van der Waals surface area contributed by atoms with Crippen molar-refractivity contribution in [3.05, 3.63) is 47.9 Å². The summed E-state index contributed by atoms with van der Waals surface area (Å²) in [4.78, 5) is 8.53. The molecule has 0 radical (unpaired) electrons. The fourth-order valence-electron chi connectivity index (χ4n) is 2.03. The number of halogens is 2. The van der Waals surface area contributed by atoms with Gasteiger partial charge in [0.2, 0.25) is 0 Å². The molecule has 2 aromatic rings. The number of aliphatic hydroxyl groups excluding tert-OH is 1. The maximum atomic E-state index is 13.2. The van der Waals surface area contributed by atoms with Gasteiger partial charge in [-0.1, -0.05) is 0 Å². The normalized spacial score (nSPS) is 16.4. The maximum Gasteiger partial charge on any atom is 0.159 e. The molecular formula is C14H12F2N2O. The predicted molar refractivity (Wildman–Crippen MR) is 65.4 cm³/mol. The van der Waals surface area contributed by atoms with Crippen molar-refractivity contribution >= 4 is 0 Å². The molecule has 1 saturated carbocycles. The second kappa shape index (κ2) is 4.35. The molecule has 1 aromatic carbocycles. The van der Waals surface area contributed by atoms with E-state index < -0.39 is 11.6 Å². The number of nitrogens with zero attached hydrogens (tertiary/aromatic N) is 2. The van der Waals surface area contributed by atoms with Gasteiger partial charge in [-0.25, -0.2) is 18.7 Å². The Morgan fingerprint density at radius 2 is 1.95 bits per heavy atom. The quantitative estimate of drug-likeness (QED) is 0.924. The van der Waals surface area contributed by atoms with Crippen LogP contribution in [0.5, 0.6) is 0 Å². The van der Waals surface area contributed by atoms with Gasteiger partial charge in [-0.2, -0.15) is 0 Å². The van der Waals surface area contributed by atoms with Crippen LogP contribution >= 0.6 is 0 Å². The second-order valence-corrected chi connectivity index (χ2v) is 4.83. The molecule has 1 N–H and O–H groups in total. The molecule has 3 nitrogen and oxygen atoms in total. The first-order chi connectivity index (χ1) is 9.14. The van der Waals surface area contributed by atoms with E-state index in [0.717, 1.165) is 25.0 Å². The van der Waals surface area contributed by atoms with Crippen molar-refractivity contribution in [3.63, 3.8) is 0 Å².